The maximum atomic E-state index is 12.6. The SMILES string of the molecule is COc1ccc(C)cc1-n1cnc2cc(C(=O)NCc3ccccc3Cl)ccc21. The second-order valence-electron chi connectivity index (χ2n) is 6.77. The molecule has 0 bridgehead atoms. The molecular formula is C23H20ClN3O2. The number of rotatable bonds is 5. The summed E-state index contributed by atoms with van der Waals surface area (Å²) >= 11 is 6.15. The highest BCUT2D eigenvalue weighted by Crippen LogP contribution is 2.28. The van der Waals surface area contributed by atoms with Crippen LogP contribution in [0.4, 0.5) is 0 Å². The van der Waals surface area contributed by atoms with Gasteiger partial charge in [-0.15, -0.1) is 0 Å². The minimum absolute atomic E-state index is 0.172. The van der Waals surface area contributed by atoms with Crippen LogP contribution in [-0.2, 0) is 6.54 Å². The molecule has 29 heavy (non-hydrogen) atoms. The first kappa shape index (κ1) is 19.0. The Morgan fingerprint density at radius 2 is 1.97 bits per heavy atom. The maximum absolute atomic E-state index is 12.6. The number of carbonyl (C=O) groups excluding carboxylic acids is 1. The van der Waals surface area contributed by atoms with Gasteiger partial charge in [0.25, 0.3) is 5.91 Å². The summed E-state index contributed by atoms with van der Waals surface area (Å²) in [6.45, 7) is 2.40. The summed E-state index contributed by atoms with van der Waals surface area (Å²) in [5.74, 6) is 0.589. The molecule has 0 spiro atoms. The van der Waals surface area contributed by atoms with Crippen LogP contribution in [0.1, 0.15) is 21.5 Å². The fraction of sp³-hybridized carbons (Fsp3) is 0.130. The molecule has 0 unspecified atom stereocenters. The molecule has 1 N–H and O–H groups in total. The predicted molar refractivity (Wildman–Crippen MR) is 115 cm³/mol. The Hall–Kier alpha value is -3.31. The van der Waals surface area contributed by atoms with Gasteiger partial charge in [-0.05, 0) is 54.4 Å². The largest absolute Gasteiger partial charge is 0.495 e. The highest BCUT2D eigenvalue weighted by Gasteiger charge is 2.13. The summed E-state index contributed by atoms with van der Waals surface area (Å²) in [5.41, 5.74) is 5.09. The van der Waals surface area contributed by atoms with Crippen molar-refractivity contribution in [3.63, 3.8) is 0 Å². The fourth-order valence-electron chi connectivity index (χ4n) is 3.25. The van der Waals surface area contributed by atoms with E-state index in [1.54, 1.807) is 31.6 Å². The van der Waals surface area contributed by atoms with Crippen molar-refractivity contribution in [2.45, 2.75) is 13.5 Å². The Balaban J connectivity index is 1.61. The van der Waals surface area contributed by atoms with Gasteiger partial charge in [-0.3, -0.25) is 9.36 Å². The lowest BCUT2D eigenvalue weighted by Crippen LogP contribution is -2.22. The van der Waals surface area contributed by atoms with E-state index in [2.05, 4.69) is 10.3 Å². The summed E-state index contributed by atoms with van der Waals surface area (Å²) in [4.78, 5) is 17.1. The monoisotopic (exact) mass is 405 g/mol. The van der Waals surface area contributed by atoms with E-state index < -0.39 is 0 Å². The lowest BCUT2D eigenvalue weighted by atomic mass is 10.1. The van der Waals surface area contributed by atoms with Crippen LogP contribution in [0.15, 0.2) is 67.0 Å². The molecule has 1 heterocycles. The number of ether oxygens (including phenoxy) is 1. The highest BCUT2D eigenvalue weighted by molar-refractivity contribution is 6.31. The molecule has 0 radical (unpaired) electrons. The Bertz CT molecular complexity index is 1200. The number of hydrogen-bond donors (Lipinski definition) is 1. The summed E-state index contributed by atoms with van der Waals surface area (Å²) in [5, 5.41) is 3.54. The van der Waals surface area contributed by atoms with E-state index in [9.17, 15) is 4.79 Å². The number of amides is 1. The van der Waals surface area contributed by atoms with Crippen molar-refractivity contribution in [2.24, 2.45) is 0 Å². The van der Waals surface area contributed by atoms with Gasteiger partial charge in [0.2, 0.25) is 0 Å². The Morgan fingerprint density at radius 1 is 1.14 bits per heavy atom. The number of hydrogen-bond acceptors (Lipinski definition) is 3. The summed E-state index contributed by atoms with van der Waals surface area (Å²) in [6, 6.07) is 18.9. The molecule has 1 aromatic heterocycles. The van der Waals surface area contributed by atoms with E-state index in [1.807, 2.05) is 54.0 Å². The molecule has 0 aliphatic rings. The average molecular weight is 406 g/mol. The van der Waals surface area contributed by atoms with E-state index in [4.69, 9.17) is 16.3 Å². The number of imidazole rings is 1. The molecule has 0 saturated carbocycles. The smallest absolute Gasteiger partial charge is 0.251 e. The molecule has 3 aromatic carbocycles. The van der Waals surface area contributed by atoms with Crippen LogP contribution in [-0.4, -0.2) is 22.6 Å². The van der Waals surface area contributed by atoms with E-state index in [1.165, 1.54) is 0 Å². The minimum atomic E-state index is -0.172. The topological polar surface area (TPSA) is 56.2 Å². The second kappa shape index (κ2) is 7.97. The van der Waals surface area contributed by atoms with Crippen LogP contribution in [0.2, 0.25) is 5.02 Å². The summed E-state index contributed by atoms with van der Waals surface area (Å²) in [7, 11) is 1.65. The van der Waals surface area contributed by atoms with Gasteiger partial charge in [0.05, 0.1) is 23.8 Å². The summed E-state index contributed by atoms with van der Waals surface area (Å²) in [6.07, 6.45) is 1.74. The number of halogens is 1. The molecule has 0 atom stereocenters. The molecule has 1 amide bonds. The van der Waals surface area contributed by atoms with E-state index in [0.717, 1.165) is 33.6 Å². The predicted octanol–water partition coefficient (Wildman–Crippen LogP) is 4.93. The first-order chi connectivity index (χ1) is 14.1. The van der Waals surface area contributed by atoms with Crippen molar-refractivity contribution >= 4 is 28.5 Å². The molecule has 0 aliphatic carbocycles. The van der Waals surface area contributed by atoms with Crippen molar-refractivity contribution in [2.75, 3.05) is 7.11 Å². The van der Waals surface area contributed by atoms with Crippen LogP contribution in [0.5, 0.6) is 5.75 Å². The van der Waals surface area contributed by atoms with Gasteiger partial charge in [-0.1, -0.05) is 35.9 Å². The molecule has 0 fully saturated rings. The molecule has 0 aliphatic heterocycles. The zero-order chi connectivity index (χ0) is 20.4. The second-order valence-corrected chi connectivity index (χ2v) is 7.17. The number of fused-ring (bicyclic) bond motifs is 1. The van der Waals surface area contributed by atoms with Crippen LogP contribution >= 0.6 is 11.6 Å². The normalized spacial score (nSPS) is 10.9. The number of nitrogens with zero attached hydrogens (tertiary/aromatic N) is 2. The lowest BCUT2D eigenvalue weighted by Gasteiger charge is -2.11. The number of nitrogens with one attached hydrogen (secondary N) is 1. The van der Waals surface area contributed by atoms with Crippen molar-refractivity contribution in [3.8, 4) is 11.4 Å². The lowest BCUT2D eigenvalue weighted by molar-refractivity contribution is 0.0951. The third kappa shape index (κ3) is 3.82. The Kier molecular flexibility index (Phi) is 5.23. The zero-order valence-corrected chi connectivity index (χ0v) is 16.9. The van der Waals surface area contributed by atoms with Crippen molar-refractivity contribution in [1.29, 1.82) is 0 Å². The standard InChI is InChI=1S/C23H20ClN3O2/c1-15-7-10-22(29-2)21(11-15)27-14-26-19-12-16(8-9-20(19)27)23(28)25-13-17-5-3-4-6-18(17)24/h3-12,14H,13H2,1-2H3,(H,25,28). The number of benzene rings is 3. The molecule has 4 rings (SSSR count). The van der Waals surface area contributed by atoms with E-state index >= 15 is 0 Å². The fourth-order valence-corrected chi connectivity index (χ4v) is 3.46. The maximum Gasteiger partial charge on any atom is 0.251 e. The van der Waals surface area contributed by atoms with Gasteiger partial charge in [0.15, 0.2) is 0 Å². The Morgan fingerprint density at radius 3 is 2.76 bits per heavy atom. The van der Waals surface area contributed by atoms with Crippen LogP contribution in [0.3, 0.4) is 0 Å². The summed E-state index contributed by atoms with van der Waals surface area (Å²) < 4.78 is 7.46. The molecule has 5 nitrogen and oxygen atoms in total. The van der Waals surface area contributed by atoms with Crippen molar-refractivity contribution in [1.82, 2.24) is 14.9 Å². The first-order valence-electron chi connectivity index (χ1n) is 9.20. The number of carbonyl (C=O) groups is 1. The van der Waals surface area contributed by atoms with Crippen LogP contribution in [0.25, 0.3) is 16.7 Å². The van der Waals surface area contributed by atoms with Crippen molar-refractivity contribution < 1.29 is 9.53 Å². The van der Waals surface area contributed by atoms with Gasteiger partial charge in [-0.2, -0.15) is 0 Å². The average Bonchev–Trinajstić information content (AvgIpc) is 3.16. The highest BCUT2D eigenvalue weighted by atomic mass is 35.5. The van der Waals surface area contributed by atoms with Gasteiger partial charge in [-0.25, -0.2) is 4.98 Å². The van der Waals surface area contributed by atoms with Gasteiger partial charge < -0.3 is 10.1 Å². The van der Waals surface area contributed by atoms with E-state index in [0.29, 0.717) is 17.1 Å². The molecule has 4 aromatic rings. The van der Waals surface area contributed by atoms with Gasteiger partial charge >= 0.3 is 0 Å². The number of aryl methyl sites for hydroxylation is 1. The van der Waals surface area contributed by atoms with Gasteiger partial charge in [0.1, 0.15) is 12.1 Å². The first-order valence-corrected chi connectivity index (χ1v) is 9.58. The quantitative estimate of drug-likeness (QED) is 0.512. The Labute approximate surface area is 173 Å². The third-order valence-corrected chi connectivity index (χ3v) is 5.17. The van der Waals surface area contributed by atoms with Crippen LogP contribution in [0, 0.1) is 6.92 Å². The minimum Gasteiger partial charge on any atom is -0.495 e. The molecule has 0 saturated heterocycles. The molecular weight excluding hydrogens is 386 g/mol. The van der Waals surface area contributed by atoms with Crippen molar-refractivity contribution in [3.05, 3.63) is 88.7 Å². The van der Waals surface area contributed by atoms with E-state index in [-0.39, 0.29) is 5.91 Å². The molecule has 146 valence electrons. The van der Waals surface area contributed by atoms with Crippen LogP contribution < -0.4 is 10.1 Å². The molecule has 6 heteroatoms. The number of methoxy groups -OCH3 is 1. The van der Waals surface area contributed by atoms with Gasteiger partial charge in [0, 0.05) is 17.1 Å². The third-order valence-electron chi connectivity index (χ3n) is 4.80. The number of aromatic nitrogens is 2. The zero-order valence-electron chi connectivity index (χ0n) is 16.1.